The highest BCUT2D eigenvalue weighted by Crippen LogP contribution is 2.19. The van der Waals surface area contributed by atoms with Crippen LogP contribution in [0.4, 0.5) is 0 Å². The van der Waals surface area contributed by atoms with Gasteiger partial charge in [0.05, 0.1) is 12.7 Å². The summed E-state index contributed by atoms with van der Waals surface area (Å²) in [6, 6.07) is 0.558. The average molecular weight is 225 g/mol. The SMILES string of the molecule is CCCC1NCN(C2CCN(C)CC2)C1=O. The second-order valence-electron chi connectivity index (χ2n) is 5.05. The second-order valence-corrected chi connectivity index (χ2v) is 5.05. The number of piperidine rings is 1. The van der Waals surface area contributed by atoms with Crippen LogP contribution in [0.1, 0.15) is 32.6 Å². The number of hydrogen-bond donors (Lipinski definition) is 1. The second kappa shape index (κ2) is 5.15. The third-order valence-electron chi connectivity index (χ3n) is 3.80. The Balaban J connectivity index is 1.89. The Morgan fingerprint density at radius 1 is 1.38 bits per heavy atom. The van der Waals surface area contributed by atoms with Crippen LogP contribution in [0.15, 0.2) is 0 Å². The monoisotopic (exact) mass is 225 g/mol. The van der Waals surface area contributed by atoms with E-state index in [2.05, 4.69) is 29.1 Å². The van der Waals surface area contributed by atoms with Crippen LogP contribution in [0.2, 0.25) is 0 Å². The first-order valence-corrected chi connectivity index (χ1v) is 6.44. The maximum Gasteiger partial charge on any atom is 0.241 e. The number of carbonyl (C=O) groups is 1. The number of rotatable bonds is 3. The van der Waals surface area contributed by atoms with Crippen molar-refractivity contribution in [2.75, 3.05) is 26.8 Å². The van der Waals surface area contributed by atoms with Gasteiger partial charge >= 0.3 is 0 Å². The van der Waals surface area contributed by atoms with Gasteiger partial charge in [-0.25, -0.2) is 0 Å². The lowest BCUT2D eigenvalue weighted by Gasteiger charge is -2.34. The van der Waals surface area contributed by atoms with Gasteiger partial charge in [-0.2, -0.15) is 0 Å². The molecule has 2 aliphatic heterocycles. The highest BCUT2D eigenvalue weighted by Gasteiger charge is 2.35. The quantitative estimate of drug-likeness (QED) is 0.765. The normalized spacial score (nSPS) is 29.0. The highest BCUT2D eigenvalue weighted by molar-refractivity contribution is 5.84. The van der Waals surface area contributed by atoms with Crippen LogP contribution in [-0.4, -0.2) is 54.6 Å². The van der Waals surface area contributed by atoms with Gasteiger partial charge < -0.3 is 9.80 Å². The topological polar surface area (TPSA) is 35.6 Å². The Bertz CT molecular complexity index is 249. The zero-order valence-electron chi connectivity index (χ0n) is 10.4. The molecule has 92 valence electrons. The number of hydrogen-bond acceptors (Lipinski definition) is 3. The Hall–Kier alpha value is -0.610. The molecule has 0 radical (unpaired) electrons. The van der Waals surface area contributed by atoms with Crippen molar-refractivity contribution in [3.8, 4) is 0 Å². The highest BCUT2D eigenvalue weighted by atomic mass is 16.2. The van der Waals surface area contributed by atoms with Crippen molar-refractivity contribution in [1.29, 1.82) is 0 Å². The average Bonchev–Trinajstić information content (AvgIpc) is 2.63. The van der Waals surface area contributed by atoms with Gasteiger partial charge in [-0.05, 0) is 39.4 Å². The molecule has 2 heterocycles. The number of likely N-dealkylation sites (tertiary alicyclic amines) is 1. The Morgan fingerprint density at radius 3 is 2.69 bits per heavy atom. The maximum atomic E-state index is 12.1. The zero-order chi connectivity index (χ0) is 11.5. The van der Waals surface area contributed by atoms with E-state index in [0.717, 1.165) is 45.4 Å². The summed E-state index contributed by atoms with van der Waals surface area (Å²) in [6.07, 6.45) is 4.30. The molecule has 1 atom stereocenters. The van der Waals surface area contributed by atoms with E-state index in [9.17, 15) is 4.79 Å². The first kappa shape index (κ1) is 11.9. The lowest BCUT2D eigenvalue weighted by atomic mass is 10.0. The van der Waals surface area contributed by atoms with Crippen LogP contribution in [-0.2, 0) is 4.79 Å². The lowest BCUT2D eigenvalue weighted by Crippen LogP contribution is -2.45. The van der Waals surface area contributed by atoms with Crippen molar-refractivity contribution in [3.63, 3.8) is 0 Å². The summed E-state index contributed by atoms with van der Waals surface area (Å²) in [5.41, 5.74) is 0. The predicted molar refractivity (Wildman–Crippen MR) is 64.1 cm³/mol. The largest absolute Gasteiger partial charge is 0.325 e. The molecule has 1 unspecified atom stereocenters. The summed E-state index contributed by atoms with van der Waals surface area (Å²) in [5.74, 6) is 0.330. The summed E-state index contributed by atoms with van der Waals surface area (Å²) >= 11 is 0. The van der Waals surface area contributed by atoms with Gasteiger partial charge in [-0.1, -0.05) is 13.3 Å². The van der Waals surface area contributed by atoms with E-state index in [1.54, 1.807) is 0 Å². The fraction of sp³-hybridized carbons (Fsp3) is 0.917. The minimum absolute atomic E-state index is 0.0876. The van der Waals surface area contributed by atoms with Crippen LogP contribution < -0.4 is 5.32 Å². The molecule has 0 spiro atoms. The summed E-state index contributed by atoms with van der Waals surface area (Å²) in [7, 11) is 2.15. The minimum Gasteiger partial charge on any atom is -0.325 e. The van der Waals surface area contributed by atoms with Crippen molar-refractivity contribution >= 4 is 5.91 Å². The minimum atomic E-state index is 0.0876. The molecule has 0 aromatic carbocycles. The standard InChI is InChI=1S/C12H23N3O/c1-3-4-11-12(16)15(9-13-11)10-5-7-14(2)8-6-10/h10-11,13H,3-9H2,1-2H3. The lowest BCUT2D eigenvalue weighted by molar-refractivity contribution is -0.131. The van der Waals surface area contributed by atoms with Crippen molar-refractivity contribution < 1.29 is 4.79 Å². The summed E-state index contributed by atoms with van der Waals surface area (Å²) in [4.78, 5) is 16.5. The van der Waals surface area contributed by atoms with Crippen LogP contribution in [0.3, 0.4) is 0 Å². The van der Waals surface area contributed by atoms with Crippen LogP contribution >= 0.6 is 0 Å². The van der Waals surface area contributed by atoms with Crippen molar-refractivity contribution in [2.45, 2.75) is 44.7 Å². The molecule has 2 rings (SSSR count). The summed E-state index contributed by atoms with van der Waals surface area (Å²) in [6.45, 7) is 5.13. The van der Waals surface area contributed by atoms with Crippen molar-refractivity contribution in [1.82, 2.24) is 15.1 Å². The molecule has 2 fully saturated rings. The molecule has 2 saturated heterocycles. The molecule has 0 aromatic rings. The maximum absolute atomic E-state index is 12.1. The first-order chi connectivity index (χ1) is 7.72. The molecule has 0 bridgehead atoms. The molecule has 2 aliphatic rings. The van der Waals surface area contributed by atoms with E-state index >= 15 is 0 Å². The predicted octanol–water partition coefficient (Wildman–Crippen LogP) is 0.639. The molecule has 16 heavy (non-hydrogen) atoms. The molecule has 4 heteroatoms. The van der Waals surface area contributed by atoms with Crippen molar-refractivity contribution in [2.24, 2.45) is 0 Å². The van der Waals surface area contributed by atoms with Crippen LogP contribution in [0.5, 0.6) is 0 Å². The van der Waals surface area contributed by atoms with E-state index in [-0.39, 0.29) is 6.04 Å². The van der Waals surface area contributed by atoms with Crippen molar-refractivity contribution in [3.05, 3.63) is 0 Å². The number of carbonyl (C=O) groups excluding carboxylic acids is 1. The summed E-state index contributed by atoms with van der Waals surface area (Å²) in [5, 5.41) is 3.33. The fourth-order valence-electron chi connectivity index (χ4n) is 2.70. The van der Waals surface area contributed by atoms with Gasteiger partial charge in [-0.15, -0.1) is 0 Å². The van der Waals surface area contributed by atoms with Gasteiger partial charge in [-0.3, -0.25) is 10.1 Å². The van der Waals surface area contributed by atoms with E-state index in [0.29, 0.717) is 11.9 Å². The molecular weight excluding hydrogens is 202 g/mol. The van der Waals surface area contributed by atoms with Gasteiger partial charge in [0, 0.05) is 6.04 Å². The van der Waals surface area contributed by atoms with Gasteiger partial charge in [0.15, 0.2) is 0 Å². The van der Waals surface area contributed by atoms with E-state index in [1.807, 2.05) is 0 Å². The van der Waals surface area contributed by atoms with E-state index in [1.165, 1.54) is 0 Å². The Morgan fingerprint density at radius 2 is 2.06 bits per heavy atom. The van der Waals surface area contributed by atoms with E-state index in [4.69, 9.17) is 0 Å². The first-order valence-electron chi connectivity index (χ1n) is 6.44. The fourth-order valence-corrected chi connectivity index (χ4v) is 2.70. The van der Waals surface area contributed by atoms with Gasteiger partial charge in [0.2, 0.25) is 5.91 Å². The molecule has 4 nitrogen and oxygen atoms in total. The Kier molecular flexibility index (Phi) is 3.82. The summed E-state index contributed by atoms with van der Waals surface area (Å²) < 4.78 is 0. The van der Waals surface area contributed by atoms with Gasteiger partial charge in [0.25, 0.3) is 0 Å². The third-order valence-corrected chi connectivity index (χ3v) is 3.80. The Labute approximate surface area is 98.0 Å². The molecule has 0 saturated carbocycles. The number of nitrogens with one attached hydrogen (secondary N) is 1. The molecule has 1 N–H and O–H groups in total. The molecule has 0 aromatic heterocycles. The smallest absolute Gasteiger partial charge is 0.241 e. The third kappa shape index (κ3) is 2.38. The van der Waals surface area contributed by atoms with Gasteiger partial charge in [0.1, 0.15) is 0 Å². The molecular formula is C12H23N3O. The molecule has 1 amide bonds. The number of amides is 1. The van der Waals surface area contributed by atoms with Crippen LogP contribution in [0, 0.1) is 0 Å². The van der Waals surface area contributed by atoms with E-state index < -0.39 is 0 Å². The molecule has 0 aliphatic carbocycles. The zero-order valence-corrected chi connectivity index (χ0v) is 10.4. The number of nitrogens with zero attached hydrogens (tertiary/aromatic N) is 2. The van der Waals surface area contributed by atoms with Crippen LogP contribution in [0.25, 0.3) is 0 Å².